The molecule has 1 aliphatic heterocycles. The predicted octanol–water partition coefficient (Wildman–Crippen LogP) is 8.48. The second-order valence-corrected chi connectivity index (χ2v) is 13.1. The van der Waals surface area contributed by atoms with Crippen LogP contribution < -0.4 is 15.0 Å². The molecule has 0 amide bonds. The van der Waals surface area contributed by atoms with Crippen LogP contribution in [0.4, 0.5) is 11.5 Å². The molecular formula is C40H43N5OS. The maximum absolute atomic E-state index is 9.67. The van der Waals surface area contributed by atoms with Crippen LogP contribution in [0, 0.1) is 5.41 Å². The van der Waals surface area contributed by atoms with Gasteiger partial charge in [-0.3, -0.25) is 5.41 Å². The van der Waals surface area contributed by atoms with Crippen molar-refractivity contribution in [2.45, 2.75) is 38.5 Å². The molecule has 7 heteroatoms. The quantitative estimate of drug-likeness (QED) is 0.0857. The smallest absolute Gasteiger partial charge is 0.129 e. The van der Waals surface area contributed by atoms with Gasteiger partial charge in [-0.25, -0.2) is 9.29 Å². The van der Waals surface area contributed by atoms with Gasteiger partial charge in [0.25, 0.3) is 0 Å². The second kappa shape index (κ2) is 14.4. The van der Waals surface area contributed by atoms with Gasteiger partial charge < -0.3 is 15.0 Å². The lowest BCUT2D eigenvalue weighted by Gasteiger charge is -2.39. The van der Waals surface area contributed by atoms with Crippen molar-refractivity contribution in [1.29, 1.82) is 5.41 Å². The predicted molar refractivity (Wildman–Crippen MR) is 197 cm³/mol. The molecule has 1 saturated heterocycles. The summed E-state index contributed by atoms with van der Waals surface area (Å²) in [6.07, 6.45) is 3.97. The van der Waals surface area contributed by atoms with Crippen LogP contribution >= 0.6 is 11.9 Å². The summed E-state index contributed by atoms with van der Waals surface area (Å²) in [6.45, 7) is 9.06. The van der Waals surface area contributed by atoms with E-state index in [-0.39, 0.29) is 6.10 Å². The Kier molecular flexibility index (Phi) is 9.95. The van der Waals surface area contributed by atoms with E-state index in [1.54, 1.807) is 11.9 Å². The van der Waals surface area contributed by atoms with Crippen molar-refractivity contribution in [3.8, 4) is 5.75 Å². The number of ether oxygens (including phenoxy) is 1. The molecule has 5 aromatic rings. The van der Waals surface area contributed by atoms with E-state index < -0.39 is 5.54 Å². The molecule has 1 aliphatic rings. The largest absolute Gasteiger partial charge is 0.491 e. The molecule has 4 aromatic carbocycles. The first-order chi connectivity index (χ1) is 22.9. The molecule has 240 valence electrons. The second-order valence-electron chi connectivity index (χ2n) is 12.2. The molecule has 1 aromatic heterocycles. The fourth-order valence-electron chi connectivity index (χ4n) is 6.49. The van der Waals surface area contributed by atoms with Crippen LogP contribution in [0.5, 0.6) is 5.75 Å². The zero-order chi connectivity index (χ0) is 32.8. The van der Waals surface area contributed by atoms with E-state index in [9.17, 15) is 5.41 Å². The lowest BCUT2D eigenvalue weighted by Crippen LogP contribution is -2.49. The van der Waals surface area contributed by atoms with Gasteiger partial charge in [0, 0.05) is 48.7 Å². The lowest BCUT2D eigenvalue weighted by molar-refractivity contribution is 0.242. The summed E-state index contributed by atoms with van der Waals surface area (Å²) in [6, 6.07) is 42.1. The minimum Gasteiger partial charge on any atom is -0.491 e. The first kappa shape index (κ1) is 32.4. The van der Waals surface area contributed by atoms with E-state index in [0.717, 1.165) is 64.7 Å². The summed E-state index contributed by atoms with van der Waals surface area (Å²) >= 11 is 1.80. The molecule has 0 saturated carbocycles. The van der Waals surface area contributed by atoms with Gasteiger partial charge >= 0.3 is 0 Å². The summed E-state index contributed by atoms with van der Waals surface area (Å²) in [5.41, 5.74) is 5.37. The molecule has 6 nitrogen and oxygen atoms in total. The number of nitrogens with zero attached hydrogens (tertiary/aromatic N) is 3. The Bertz CT molecular complexity index is 1680. The Morgan fingerprint density at radius 3 is 1.98 bits per heavy atom. The van der Waals surface area contributed by atoms with Crippen molar-refractivity contribution >= 4 is 29.2 Å². The average molecular weight is 642 g/mol. The topological polar surface area (TPSA) is 64.5 Å². The first-order valence-corrected chi connectivity index (χ1v) is 17.4. The van der Waals surface area contributed by atoms with E-state index in [2.05, 4.69) is 113 Å². The highest BCUT2D eigenvalue weighted by atomic mass is 32.2. The normalized spacial score (nSPS) is 15.4. The van der Waals surface area contributed by atoms with Crippen molar-refractivity contribution < 1.29 is 4.74 Å². The van der Waals surface area contributed by atoms with Crippen molar-refractivity contribution in [3.05, 3.63) is 155 Å². The minimum atomic E-state index is -0.740. The van der Waals surface area contributed by atoms with Gasteiger partial charge in [0.05, 0.1) is 11.8 Å². The van der Waals surface area contributed by atoms with Crippen LogP contribution in [-0.2, 0) is 5.54 Å². The van der Waals surface area contributed by atoms with E-state index in [4.69, 9.17) is 9.72 Å². The number of rotatable bonds is 11. The summed E-state index contributed by atoms with van der Waals surface area (Å²) in [5, 5.41) is 13.7. The zero-order valence-corrected chi connectivity index (χ0v) is 28.4. The van der Waals surface area contributed by atoms with Gasteiger partial charge in [0.1, 0.15) is 17.1 Å². The third-order valence-electron chi connectivity index (χ3n) is 8.73. The van der Waals surface area contributed by atoms with Crippen LogP contribution in [0.1, 0.15) is 48.6 Å². The van der Waals surface area contributed by atoms with Crippen molar-refractivity contribution in [2.75, 3.05) is 36.1 Å². The van der Waals surface area contributed by atoms with Crippen LogP contribution in [-0.4, -0.2) is 53.0 Å². The number of piperazine rings is 1. The Hall–Kier alpha value is -4.59. The summed E-state index contributed by atoms with van der Waals surface area (Å²) in [5.74, 6) is 1.63. The van der Waals surface area contributed by atoms with Crippen LogP contribution in [0.25, 0.3) is 0 Å². The third-order valence-corrected chi connectivity index (χ3v) is 9.75. The molecule has 1 unspecified atom stereocenters. The number of anilines is 2. The van der Waals surface area contributed by atoms with Crippen LogP contribution in [0.2, 0.25) is 0 Å². The number of hydrogen-bond acceptors (Lipinski definition) is 7. The van der Waals surface area contributed by atoms with Crippen molar-refractivity contribution in [2.24, 2.45) is 0 Å². The molecule has 0 spiro atoms. The molecule has 0 bridgehead atoms. The minimum absolute atomic E-state index is 0.00218. The Morgan fingerprint density at radius 1 is 0.851 bits per heavy atom. The van der Waals surface area contributed by atoms with Crippen LogP contribution in [0.3, 0.4) is 0 Å². The van der Waals surface area contributed by atoms with Gasteiger partial charge in [0.15, 0.2) is 0 Å². The van der Waals surface area contributed by atoms with Gasteiger partial charge in [-0.05, 0) is 74.0 Å². The summed E-state index contributed by atoms with van der Waals surface area (Å²) in [7, 11) is 0. The third kappa shape index (κ3) is 6.92. The number of aromatic nitrogens is 1. The number of hydrogen-bond donors (Lipinski definition) is 2. The number of benzene rings is 4. The maximum Gasteiger partial charge on any atom is 0.129 e. The summed E-state index contributed by atoms with van der Waals surface area (Å²) < 4.78 is 8.60. The average Bonchev–Trinajstić information content (AvgIpc) is 3.11. The number of pyridine rings is 1. The van der Waals surface area contributed by atoms with Gasteiger partial charge in [0.2, 0.25) is 0 Å². The molecule has 47 heavy (non-hydrogen) atoms. The van der Waals surface area contributed by atoms with Gasteiger partial charge in [-0.15, -0.1) is 0 Å². The van der Waals surface area contributed by atoms with Gasteiger partial charge in [-0.1, -0.05) is 103 Å². The standard InChI is InChI=1S/C40H43N5OS/c1-29(2)46-35-20-21-37(36(27-35)39(41)31-22-23-42-38(26-31)44-24-25-45(47-4)30(3)28-44)43-40(32-14-8-5-9-15-32,33-16-10-6-11-17-33)34-18-12-7-13-19-34/h5-23,26-27,29-30,41,43H,24-25,28H2,1-4H3. The highest BCUT2D eigenvalue weighted by molar-refractivity contribution is 7.96. The fourth-order valence-corrected chi connectivity index (χ4v) is 7.18. The molecule has 2 N–H and O–H groups in total. The molecule has 1 fully saturated rings. The Labute approximate surface area is 283 Å². The molecule has 0 aliphatic carbocycles. The maximum atomic E-state index is 9.67. The van der Waals surface area contributed by atoms with E-state index in [1.165, 1.54) is 0 Å². The Balaban J connectivity index is 1.47. The molecule has 6 rings (SSSR count). The van der Waals surface area contributed by atoms with Crippen molar-refractivity contribution in [1.82, 2.24) is 9.29 Å². The van der Waals surface area contributed by atoms with E-state index >= 15 is 0 Å². The molecule has 0 radical (unpaired) electrons. The summed E-state index contributed by atoms with van der Waals surface area (Å²) in [4.78, 5) is 7.08. The first-order valence-electron chi connectivity index (χ1n) is 16.3. The van der Waals surface area contributed by atoms with E-state index in [0.29, 0.717) is 11.8 Å². The zero-order valence-electron chi connectivity index (χ0n) is 27.6. The molecular weight excluding hydrogens is 599 g/mol. The SMILES string of the molecule is CSN1CCN(c2cc(C(=N)c3cc(OC(C)C)ccc3NC(c3ccccc3)(c3ccccc3)c3ccccc3)ccn2)CC1C. The lowest BCUT2D eigenvalue weighted by atomic mass is 9.76. The highest BCUT2D eigenvalue weighted by Gasteiger charge is 2.37. The van der Waals surface area contributed by atoms with Crippen LogP contribution in [0.15, 0.2) is 128 Å². The monoisotopic (exact) mass is 641 g/mol. The van der Waals surface area contributed by atoms with Crippen molar-refractivity contribution in [3.63, 3.8) is 0 Å². The van der Waals surface area contributed by atoms with E-state index in [1.807, 2.05) is 56.4 Å². The Morgan fingerprint density at radius 2 is 1.45 bits per heavy atom. The number of nitrogens with one attached hydrogen (secondary N) is 2. The molecule has 2 heterocycles. The fraction of sp³-hybridized carbons (Fsp3) is 0.250. The van der Waals surface area contributed by atoms with Gasteiger partial charge in [-0.2, -0.15) is 0 Å². The molecule has 1 atom stereocenters. The highest BCUT2D eigenvalue weighted by Crippen LogP contribution is 2.41.